The van der Waals surface area contributed by atoms with Gasteiger partial charge in [0.25, 0.3) is 0 Å². The van der Waals surface area contributed by atoms with E-state index in [-0.39, 0.29) is 11.9 Å². The third-order valence-electron chi connectivity index (χ3n) is 2.30. The highest BCUT2D eigenvalue weighted by Crippen LogP contribution is 2.22. The molecule has 0 amide bonds. The molecule has 1 aliphatic carbocycles. The number of hydrogen-bond donors (Lipinski definition) is 1. The van der Waals surface area contributed by atoms with E-state index >= 15 is 0 Å². The first kappa shape index (κ1) is 11.5. The van der Waals surface area contributed by atoms with E-state index in [4.69, 9.17) is 5.73 Å². The second kappa shape index (κ2) is 5.34. The van der Waals surface area contributed by atoms with Crippen LogP contribution in [0.2, 0.25) is 0 Å². The molecule has 0 heterocycles. The quantitative estimate of drug-likeness (QED) is 0.568. The van der Waals surface area contributed by atoms with Gasteiger partial charge in [0.05, 0.1) is 5.83 Å². The third-order valence-corrected chi connectivity index (χ3v) is 2.30. The van der Waals surface area contributed by atoms with Crippen molar-refractivity contribution in [1.29, 1.82) is 0 Å². The average Bonchev–Trinajstić information content (AvgIpc) is 2.62. The molecule has 0 aromatic rings. The van der Waals surface area contributed by atoms with E-state index in [2.05, 4.69) is 11.6 Å². The number of allylic oxidation sites excluding steroid dienone is 1. The van der Waals surface area contributed by atoms with Crippen LogP contribution in [-0.4, -0.2) is 23.8 Å². The molecule has 82 valence electrons. The number of likely N-dealkylation sites (N-methyl/N-ethyl adjacent to an activating group) is 1. The summed E-state index contributed by atoms with van der Waals surface area (Å²) in [6.07, 6.45) is 7.82. The number of hydrogen-bond acceptors (Lipinski definition) is 2. The summed E-state index contributed by atoms with van der Waals surface area (Å²) in [5.41, 5.74) is 5.53. The first-order chi connectivity index (χ1) is 7.13. The van der Waals surface area contributed by atoms with Crippen LogP contribution >= 0.6 is 0 Å². The van der Waals surface area contributed by atoms with Crippen molar-refractivity contribution in [2.75, 3.05) is 7.05 Å². The summed E-state index contributed by atoms with van der Waals surface area (Å²) in [4.78, 5) is 5.71. The number of rotatable bonds is 4. The van der Waals surface area contributed by atoms with E-state index < -0.39 is 0 Å². The van der Waals surface area contributed by atoms with Crippen molar-refractivity contribution in [3.8, 4) is 0 Å². The maximum absolute atomic E-state index is 12.8. The Kier molecular flexibility index (Phi) is 4.09. The fourth-order valence-corrected chi connectivity index (χ4v) is 1.44. The highest BCUT2D eigenvalue weighted by atomic mass is 19.1. The lowest BCUT2D eigenvalue weighted by Crippen LogP contribution is -2.23. The molecule has 0 spiro atoms. The predicted octanol–water partition coefficient (Wildman–Crippen LogP) is 1.95. The largest absolute Gasteiger partial charge is 0.384 e. The minimum absolute atomic E-state index is 0.0343. The Balaban J connectivity index is 2.52. The minimum Gasteiger partial charge on any atom is -0.384 e. The number of nitrogens with zero attached hydrogens (tertiary/aromatic N) is 2. The maximum Gasteiger partial charge on any atom is 0.124 e. The third kappa shape index (κ3) is 3.58. The van der Waals surface area contributed by atoms with Gasteiger partial charge >= 0.3 is 0 Å². The molecule has 0 saturated carbocycles. The van der Waals surface area contributed by atoms with Gasteiger partial charge in [-0.05, 0) is 18.6 Å². The molecule has 0 aromatic heterocycles. The van der Waals surface area contributed by atoms with Gasteiger partial charge in [0.1, 0.15) is 5.84 Å². The Bertz CT molecular complexity index is 318. The number of nitrogens with two attached hydrogens (primary N) is 1. The molecule has 0 radical (unpaired) electrons. The fourth-order valence-electron chi connectivity index (χ4n) is 1.44. The number of halogens is 1. The zero-order chi connectivity index (χ0) is 11.3. The standard InChI is InChI=1S/C11H16FN3/c1-3-14-11(13)6-7-15(2)10-5-4-9(12)8-10/h3,6-8,10H,1,4-5H2,2H3,(H2,13,14)/b7-6-. The summed E-state index contributed by atoms with van der Waals surface area (Å²) in [7, 11) is 1.89. The molecule has 1 rings (SSSR count). The van der Waals surface area contributed by atoms with Crippen molar-refractivity contribution in [3.05, 3.63) is 37.0 Å². The molecule has 0 fully saturated rings. The summed E-state index contributed by atoms with van der Waals surface area (Å²) in [6, 6.07) is 0.123. The number of aliphatic imine (C=N–C) groups is 1. The van der Waals surface area contributed by atoms with Gasteiger partial charge in [0.15, 0.2) is 0 Å². The SMILES string of the molecule is C=CN=C(N)/C=C\N(C)C1C=C(F)CC1. The molecule has 0 aliphatic heterocycles. The van der Waals surface area contributed by atoms with E-state index in [0.29, 0.717) is 12.3 Å². The molecule has 0 bridgehead atoms. The predicted molar refractivity (Wildman–Crippen MR) is 60.9 cm³/mol. The first-order valence-electron chi connectivity index (χ1n) is 4.84. The molecule has 1 unspecified atom stereocenters. The number of amidine groups is 1. The topological polar surface area (TPSA) is 41.6 Å². The monoisotopic (exact) mass is 209 g/mol. The van der Waals surface area contributed by atoms with Gasteiger partial charge in [-0.25, -0.2) is 9.38 Å². The molecular formula is C11H16FN3. The highest BCUT2D eigenvalue weighted by Gasteiger charge is 2.17. The van der Waals surface area contributed by atoms with Crippen molar-refractivity contribution < 1.29 is 4.39 Å². The van der Waals surface area contributed by atoms with E-state index in [1.54, 1.807) is 18.4 Å². The van der Waals surface area contributed by atoms with Gasteiger partial charge in [-0.2, -0.15) is 0 Å². The van der Waals surface area contributed by atoms with E-state index in [9.17, 15) is 4.39 Å². The molecule has 0 saturated heterocycles. The Morgan fingerprint density at radius 3 is 3.07 bits per heavy atom. The molecule has 2 N–H and O–H groups in total. The van der Waals surface area contributed by atoms with Gasteiger partial charge in [0, 0.05) is 31.9 Å². The van der Waals surface area contributed by atoms with Crippen LogP contribution in [0, 0.1) is 0 Å². The normalized spacial score (nSPS) is 21.9. The van der Waals surface area contributed by atoms with Crippen molar-refractivity contribution in [2.45, 2.75) is 18.9 Å². The van der Waals surface area contributed by atoms with Crippen LogP contribution in [0.3, 0.4) is 0 Å². The van der Waals surface area contributed by atoms with Crippen molar-refractivity contribution in [1.82, 2.24) is 4.90 Å². The summed E-state index contributed by atoms with van der Waals surface area (Å²) in [6.45, 7) is 3.44. The summed E-state index contributed by atoms with van der Waals surface area (Å²) in [5, 5.41) is 0. The van der Waals surface area contributed by atoms with Gasteiger partial charge in [0.2, 0.25) is 0 Å². The fraction of sp³-hybridized carbons (Fsp3) is 0.364. The molecule has 4 heteroatoms. The summed E-state index contributed by atoms with van der Waals surface area (Å²) in [5.74, 6) is 0.354. The van der Waals surface area contributed by atoms with Crippen LogP contribution in [0.4, 0.5) is 4.39 Å². The van der Waals surface area contributed by atoms with Gasteiger partial charge in [-0.15, -0.1) is 0 Å². The van der Waals surface area contributed by atoms with Crippen LogP contribution in [0.25, 0.3) is 0 Å². The van der Waals surface area contributed by atoms with Gasteiger partial charge in [-0.1, -0.05) is 6.58 Å². The van der Waals surface area contributed by atoms with E-state index in [1.807, 2.05) is 11.9 Å². The minimum atomic E-state index is -0.0343. The van der Waals surface area contributed by atoms with Crippen LogP contribution in [-0.2, 0) is 0 Å². The first-order valence-corrected chi connectivity index (χ1v) is 4.84. The summed E-state index contributed by atoms with van der Waals surface area (Å²) < 4.78 is 12.8. The van der Waals surface area contributed by atoms with E-state index in [0.717, 1.165) is 6.42 Å². The molecule has 3 nitrogen and oxygen atoms in total. The highest BCUT2D eigenvalue weighted by molar-refractivity contribution is 5.91. The molecule has 15 heavy (non-hydrogen) atoms. The van der Waals surface area contributed by atoms with Crippen molar-refractivity contribution >= 4 is 5.84 Å². The summed E-state index contributed by atoms with van der Waals surface area (Å²) >= 11 is 0. The lowest BCUT2D eigenvalue weighted by atomic mass is 10.2. The van der Waals surface area contributed by atoms with Crippen LogP contribution in [0.1, 0.15) is 12.8 Å². The maximum atomic E-state index is 12.8. The molecular weight excluding hydrogens is 193 g/mol. The van der Waals surface area contributed by atoms with Crippen molar-refractivity contribution in [3.63, 3.8) is 0 Å². The molecule has 1 aliphatic rings. The lowest BCUT2D eigenvalue weighted by Gasteiger charge is -2.20. The Hall–Kier alpha value is -1.58. The van der Waals surface area contributed by atoms with Crippen molar-refractivity contribution in [2.24, 2.45) is 10.7 Å². The van der Waals surface area contributed by atoms with Crippen LogP contribution in [0.5, 0.6) is 0 Å². The average molecular weight is 209 g/mol. The second-order valence-corrected chi connectivity index (χ2v) is 3.44. The zero-order valence-corrected chi connectivity index (χ0v) is 8.86. The van der Waals surface area contributed by atoms with Crippen LogP contribution in [0.15, 0.2) is 42.0 Å². The lowest BCUT2D eigenvalue weighted by molar-refractivity contribution is 0.379. The Labute approximate surface area is 89.5 Å². The van der Waals surface area contributed by atoms with Gasteiger partial charge in [-0.3, -0.25) is 0 Å². The molecule has 1 atom stereocenters. The Morgan fingerprint density at radius 1 is 1.80 bits per heavy atom. The smallest absolute Gasteiger partial charge is 0.124 e. The van der Waals surface area contributed by atoms with Crippen LogP contribution < -0.4 is 5.73 Å². The van der Waals surface area contributed by atoms with E-state index in [1.165, 1.54) is 6.20 Å². The molecule has 0 aromatic carbocycles. The second-order valence-electron chi connectivity index (χ2n) is 3.44. The zero-order valence-electron chi connectivity index (χ0n) is 8.86. The Morgan fingerprint density at radius 2 is 2.53 bits per heavy atom. The van der Waals surface area contributed by atoms with Gasteiger partial charge < -0.3 is 10.6 Å².